The van der Waals surface area contributed by atoms with Gasteiger partial charge in [0.15, 0.2) is 0 Å². The molecule has 0 aliphatic rings. The van der Waals surface area contributed by atoms with Crippen molar-refractivity contribution in [3.63, 3.8) is 0 Å². The number of fused-ring (bicyclic) bond motifs is 1. The molecule has 5 nitrogen and oxygen atoms in total. The highest BCUT2D eigenvalue weighted by Crippen LogP contribution is 2.30. The molecule has 3 aromatic carbocycles. The van der Waals surface area contributed by atoms with Crippen molar-refractivity contribution in [3.8, 4) is 5.75 Å². The molecule has 0 spiro atoms. The highest BCUT2D eigenvalue weighted by molar-refractivity contribution is 9.10. The fourth-order valence-corrected chi connectivity index (χ4v) is 3.10. The molecule has 2 amide bonds. The summed E-state index contributed by atoms with van der Waals surface area (Å²) in [7, 11) is 1.54. The van der Waals surface area contributed by atoms with Gasteiger partial charge >= 0.3 is 0 Å². The van der Waals surface area contributed by atoms with Gasteiger partial charge in [0.25, 0.3) is 5.91 Å². The Morgan fingerprint density at radius 1 is 1.04 bits per heavy atom. The van der Waals surface area contributed by atoms with Gasteiger partial charge in [-0.05, 0) is 53.2 Å². The summed E-state index contributed by atoms with van der Waals surface area (Å²) in [5, 5.41) is 1.85. The van der Waals surface area contributed by atoms with E-state index >= 15 is 0 Å². The summed E-state index contributed by atoms with van der Waals surface area (Å²) in [6, 6.07) is 14.5. The van der Waals surface area contributed by atoms with Crippen LogP contribution in [0.1, 0.15) is 15.9 Å². The molecule has 0 saturated heterocycles. The Hall–Kier alpha value is -2.93. The summed E-state index contributed by atoms with van der Waals surface area (Å²) < 4.78 is 19.2. The first kappa shape index (κ1) is 18.8. The highest BCUT2D eigenvalue weighted by Gasteiger charge is 2.14. The summed E-state index contributed by atoms with van der Waals surface area (Å²) in [4.78, 5) is 24.3. The van der Waals surface area contributed by atoms with Crippen molar-refractivity contribution in [2.75, 3.05) is 7.11 Å². The quantitative estimate of drug-likeness (QED) is 0.619. The van der Waals surface area contributed by atoms with Gasteiger partial charge in [-0.2, -0.15) is 0 Å². The van der Waals surface area contributed by atoms with Gasteiger partial charge in [-0.25, -0.2) is 4.39 Å². The average molecular weight is 431 g/mol. The van der Waals surface area contributed by atoms with Crippen molar-refractivity contribution in [1.82, 2.24) is 10.9 Å². The second kappa shape index (κ2) is 8.18. The Bertz CT molecular complexity index is 1010. The molecule has 0 radical (unpaired) electrons. The van der Waals surface area contributed by atoms with Crippen molar-refractivity contribution in [2.45, 2.75) is 6.42 Å². The SMILES string of the molecule is COc1ccc2cc(Br)ccc2c1CC(=O)NNC(=O)c1ccc(F)cc1. The second-order valence-corrected chi connectivity index (χ2v) is 6.71. The van der Waals surface area contributed by atoms with Gasteiger partial charge in [0.2, 0.25) is 5.91 Å². The van der Waals surface area contributed by atoms with E-state index in [1.807, 2.05) is 24.3 Å². The van der Waals surface area contributed by atoms with Gasteiger partial charge in [0, 0.05) is 15.6 Å². The van der Waals surface area contributed by atoms with Crippen LogP contribution >= 0.6 is 15.9 Å². The standard InChI is InChI=1S/C20H16BrFN2O3/c1-27-18-9-4-13-10-14(21)5-8-16(13)17(18)11-19(25)23-24-20(26)12-2-6-15(22)7-3-12/h2-10H,11H2,1H3,(H,23,25)(H,24,26). The van der Waals surface area contributed by atoms with Crippen molar-refractivity contribution < 1.29 is 18.7 Å². The van der Waals surface area contributed by atoms with Crippen LogP contribution in [0, 0.1) is 5.82 Å². The average Bonchev–Trinajstić information content (AvgIpc) is 2.66. The van der Waals surface area contributed by atoms with Crippen LogP contribution < -0.4 is 15.6 Å². The van der Waals surface area contributed by atoms with E-state index in [0.717, 1.165) is 20.8 Å². The van der Waals surface area contributed by atoms with Gasteiger partial charge in [-0.3, -0.25) is 20.4 Å². The van der Waals surface area contributed by atoms with E-state index in [1.54, 1.807) is 6.07 Å². The monoisotopic (exact) mass is 430 g/mol. The Kier molecular flexibility index (Phi) is 5.71. The lowest BCUT2D eigenvalue weighted by Crippen LogP contribution is -2.42. The minimum absolute atomic E-state index is 0.0197. The van der Waals surface area contributed by atoms with Crippen LogP contribution in [0.2, 0.25) is 0 Å². The Morgan fingerprint density at radius 3 is 2.48 bits per heavy atom. The van der Waals surface area contributed by atoms with Crippen LogP contribution in [0.4, 0.5) is 4.39 Å². The van der Waals surface area contributed by atoms with Crippen LogP contribution in [-0.4, -0.2) is 18.9 Å². The number of methoxy groups -OCH3 is 1. The van der Waals surface area contributed by atoms with Gasteiger partial charge < -0.3 is 4.74 Å². The molecule has 0 aromatic heterocycles. The third-order valence-corrected chi connectivity index (χ3v) is 4.52. The predicted octanol–water partition coefficient (Wildman–Crippen LogP) is 3.75. The smallest absolute Gasteiger partial charge is 0.269 e. The molecule has 0 bridgehead atoms. The summed E-state index contributed by atoms with van der Waals surface area (Å²) in [6.07, 6.45) is 0.0197. The molecule has 7 heteroatoms. The van der Waals surface area contributed by atoms with Gasteiger partial charge in [0.05, 0.1) is 13.5 Å². The van der Waals surface area contributed by atoms with Crippen LogP contribution in [0.15, 0.2) is 59.1 Å². The first-order valence-corrected chi connectivity index (χ1v) is 8.87. The zero-order valence-electron chi connectivity index (χ0n) is 14.4. The number of rotatable bonds is 4. The number of carbonyl (C=O) groups is 2. The number of hydrazine groups is 1. The lowest BCUT2D eigenvalue weighted by Gasteiger charge is -2.13. The molecule has 0 heterocycles. The minimum Gasteiger partial charge on any atom is -0.496 e. The topological polar surface area (TPSA) is 67.4 Å². The van der Waals surface area contributed by atoms with Crippen LogP contribution in [0.25, 0.3) is 10.8 Å². The van der Waals surface area contributed by atoms with E-state index in [1.165, 1.54) is 31.4 Å². The van der Waals surface area contributed by atoms with Gasteiger partial charge in [-0.1, -0.05) is 28.1 Å². The number of nitrogens with one attached hydrogen (secondary N) is 2. The molecule has 2 N–H and O–H groups in total. The largest absolute Gasteiger partial charge is 0.496 e. The number of halogens is 2. The van der Waals surface area contributed by atoms with E-state index in [4.69, 9.17) is 4.74 Å². The van der Waals surface area contributed by atoms with E-state index in [-0.39, 0.29) is 12.0 Å². The third kappa shape index (κ3) is 4.43. The molecular formula is C20H16BrFN2O3. The third-order valence-electron chi connectivity index (χ3n) is 4.03. The first-order chi connectivity index (χ1) is 13.0. The normalized spacial score (nSPS) is 10.5. The summed E-state index contributed by atoms with van der Waals surface area (Å²) in [5.41, 5.74) is 5.66. The molecule has 0 aliphatic carbocycles. The molecule has 138 valence electrons. The Morgan fingerprint density at radius 2 is 1.78 bits per heavy atom. The van der Waals surface area contributed by atoms with Crippen LogP contribution in [-0.2, 0) is 11.2 Å². The predicted molar refractivity (Wildman–Crippen MR) is 104 cm³/mol. The van der Waals surface area contributed by atoms with E-state index < -0.39 is 17.6 Å². The number of benzene rings is 3. The molecule has 0 unspecified atom stereocenters. The van der Waals surface area contributed by atoms with E-state index in [0.29, 0.717) is 5.75 Å². The number of ether oxygens (including phenoxy) is 1. The fourth-order valence-electron chi connectivity index (χ4n) is 2.72. The maximum absolute atomic E-state index is 12.9. The summed E-state index contributed by atoms with van der Waals surface area (Å²) >= 11 is 3.43. The van der Waals surface area contributed by atoms with E-state index in [2.05, 4.69) is 26.8 Å². The van der Waals surface area contributed by atoms with Crippen LogP contribution in [0.3, 0.4) is 0 Å². The lowest BCUT2D eigenvalue weighted by atomic mass is 10.0. The van der Waals surface area contributed by atoms with Gasteiger partial charge in [-0.15, -0.1) is 0 Å². The van der Waals surface area contributed by atoms with Crippen molar-refractivity contribution in [1.29, 1.82) is 0 Å². The van der Waals surface area contributed by atoms with Crippen molar-refractivity contribution in [3.05, 3.63) is 76.0 Å². The molecule has 0 atom stereocenters. The maximum Gasteiger partial charge on any atom is 0.269 e. The van der Waals surface area contributed by atoms with E-state index in [9.17, 15) is 14.0 Å². The van der Waals surface area contributed by atoms with Crippen molar-refractivity contribution >= 4 is 38.5 Å². The maximum atomic E-state index is 12.9. The number of hydrogen-bond donors (Lipinski definition) is 2. The zero-order valence-corrected chi connectivity index (χ0v) is 16.0. The number of amides is 2. The Labute approximate surface area is 163 Å². The molecular weight excluding hydrogens is 415 g/mol. The highest BCUT2D eigenvalue weighted by atomic mass is 79.9. The number of carbonyl (C=O) groups excluding carboxylic acids is 2. The Balaban J connectivity index is 1.73. The number of hydrogen-bond acceptors (Lipinski definition) is 3. The van der Waals surface area contributed by atoms with Crippen molar-refractivity contribution in [2.24, 2.45) is 0 Å². The molecule has 3 aromatic rings. The first-order valence-electron chi connectivity index (χ1n) is 8.08. The summed E-state index contributed by atoms with van der Waals surface area (Å²) in [6.45, 7) is 0. The molecule has 27 heavy (non-hydrogen) atoms. The molecule has 0 saturated carbocycles. The van der Waals surface area contributed by atoms with Gasteiger partial charge in [0.1, 0.15) is 11.6 Å². The molecule has 0 fully saturated rings. The minimum atomic E-state index is -0.530. The molecule has 3 rings (SSSR count). The lowest BCUT2D eigenvalue weighted by molar-refractivity contribution is -0.121. The second-order valence-electron chi connectivity index (χ2n) is 5.80. The summed E-state index contributed by atoms with van der Waals surface area (Å²) in [5.74, 6) is -0.786. The van der Waals surface area contributed by atoms with Crippen LogP contribution in [0.5, 0.6) is 5.75 Å². The fraction of sp³-hybridized carbons (Fsp3) is 0.100. The molecule has 0 aliphatic heterocycles. The zero-order chi connectivity index (χ0) is 19.4.